The summed E-state index contributed by atoms with van der Waals surface area (Å²) in [5.74, 6) is -1.20. The minimum absolute atomic E-state index is 0.116. The van der Waals surface area contributed by atoms with Crippen molar-refractivity contribution in [2.75, 3.05) is 13.2 Å². The van der Waals surface area contributed by atoms with Gasteiger partial charge in [-0.15, -0.1) is 0 Å². The van der Waals surface area contributed by atoms with Gasteiger partial charge in [0, 0.05) is 6.42 Å². The molecule has 1 heterocycles. The lowest BCUT2D eigenvalue weighted by molar-refractivity contribution is -0.305. The van der Waals surface area contributed by atoms with E-state index in [1.54, 1.807) is 6.08 Å². The molecule has 1 rings (SSSR count). The summed E-state index contributed by atoms with van der Waals surface area (Å²) >= 11 is 0. The molecule has 1 aliphatic rings. The molecule has 486 valence electrons. The van der Waals surface area contributed by atoms with Gasteiger partial charge in [-0.05, 0) is 96.3 Å². The number of unbranched alkanes of at least 4 members (excludes halogenated alkanes) is 33. The predicted molar refractivity (Wildman–Crippen MR) is 352 cm³/mol. The number of allylic oxidation sites excluding steroid dienone is 13. The largest absolute Gasteiger partial charge is 0.454 e. The first-order valence-corrected chi connectivity index (χ1v) is 34.9. The maximum absolute atomic E-state index is 13.5. The summed E-state index contributed by atoms with van der Waals surface area (Å²) in [5.41, 5.74) is 0. The Kier molecular flexibility index (Phi) is 56.5. The molecule has 11 heteroatoms. The van der Waals surface area contributed by atoms with Crippen molar-refractivity contribution < 1.29 is 49.3 Å². The predicted octanol–water partition coefficient (Wildman–Crippen LogP) is 17.7. The number of amides is 1. The fraction of sp³-hybridized carbons (Fsp3) is 0.781. The summed E-state index contributed by atoms with van der Waals surface area (Å²) in [4.78, 5) is 26.6. The standard InChI is InChI=1S/C73H129NO10/c1-4-7-10-13-16-19-22-25-27-29-30-31-32-33-34-35-36-37-38-39-41-43-46-49-52-55-58-61-68(78)84-71-70(80)69(79)67(62-75)83-73(71)82-63-64(65(76)59-56-53-50-47-44-24-21-18-15-12-9-6-3)74-72(81)66(77)60-57-54-51-48-45-42-40-28-26-23-20-17-14-11-8-5-2/h7,10,16,19,25-28,30-31,33-34,56,59,64-67,69-71,73,75-77,79-80H,4-6,8-9,11-15,17-18,20-24,29,32,35-55,57-58,60-63H2,1-3H3,(H,74,81)/b10-7-,19-16-,27-25-,28-26+,31-30-,34-33-,59-56+. The van der Waals surface area contributed by atoms with Crippen molar-refractivity contribution in [1.29, 1.82) is 0 Å². The van der Waals surface area contributed by atoms with Crippen LogP contribution in [-0.4, -0.2) is 99.6 Å². The summed E-state index contributed by atoms with van der Waals surface area (Å²) < 4.78 is 17.7. The van der Waals surface area contributed by atoms with Gasteiger partial charge in [0.2, 0.25) is 5.91 Å². The van der Waals surface area contributed by atoms with E-state index in [1.165, 1.54) is 148 Å². The summed E-state index contributed by atoms with van der Waals surface area (Å²) in [6, 6.07) is -1.03. The molecule has 0 spiro atoms. The van der Waals surface area contributed by atoms with E-state index in [4.69, 9.17) is 14.2 Å². The number of nitrogens with one attached hydrogen (secondary N) is 1. The van der Waals surface area contributed by atoms with E-state index >= 15 is 0 Å². The van der Waals surface area contributed by atoms with E-state index in [0.29, 0.717) is 12.8 Å². The van der Waals surface area contributed by atoms with Gasteiger partial charge in [-0.3, -0.25) is 9.59 Å². The lowest BCUT2D eigenvalue weighted by atomic mass is 9.99. The molecule has 8 atom stereocenters. The molecule has 8 unspecified atom stereocenters. The van der Waals surface area contributed by atoms with Crippen LogP contribution in [0.25, 0.3) is 0 Å². The van der Waals surface area contributed by atoms with Gasteiger partial charge in [0.25, 0.3) is 0 Å². The van der Waals surface area contributed by atoms with Crippen molar-refractivity contribution in [3.8, 4) is 0 Å². The fourth-order valence-corrected chi connectivity index (χ4v) is 10.6. The lowest BCUT2D eigenvalue weighted by Gasteiger charge is -2.41. The van der Waals surface area contributed by atoms with Crippen LogP contribution in [0.3, 0.4) is 0 Å². The number of carbonyl (C=O) groups is 2. The average molecular weight is 1180 g/mol. The number of rotatable bonds is 59. The summed E-state index contributed by atoms with van der Waals surface area (Å²) in [6.07, 6.45) is 69.0. The van der Waals surface area contributed by atoms with Crippen LogP contribution in [0.4, 0.5) is 0 Å². The molecule has 0 radical (unpaired) electrons. The average Bonchev–Trinajstić information content (AvgIpc) is 3.69. The number of aliphatic hydroxyl groups is 5. The molecule has 1 fully saturated rings. The van der Waals surface area contributed by atoms with Crippen molar-refractivity contribution in [2.45, 2.75) is 352 Å². The molecule has 1 aliphatic heterocycles. The minimum atomic E-state index is -1.62. The molecule has 6 N–H and O–H groups in total. The third-order valence-corrected chi connectivity index (χ3v) is 16.0. The number of esters is 1. The van der Waals surface area contributed by atoms with Crippen LogP contribution >= 0.6 is 0 Å². The van der Waals surface area contributed by atoms with Crippen molar-refractivity contribution in [3.05, 3.63) is 85.1 Å². The number of hydrogen-bond acceptors (Lipinski definition) is 10. The molecule has 1 amide bonds. The number of aliphatic hydroxyl groups excluding tert-OH is 5. The normalized spacial score (nSPS) is 19.0. The first kappa shape index (κ1) is 78.9. The topological polar surface area (TPSA) is 175 Å². The maximum Gasteiger partial charge on any atom is 0.306 e. The molecule has 0 aromatic heterocycles. The Morgan fingerprint density at radius 2 is 0.857 bits per heavy atom. The zero-order valence-corrected chi connectivity index (χ0v) is 54.0. The number of carbonyl (C=O) groups excluding carboxylic acids is 2. The van der Waals surface area contributed by atoms with Crippen LogP contribution in [0.5, 0.6) is 0 Å². The van der Waals surface area contributed by atoms with Crippen LogP contribution in [0.2, 0.25) is 0 Å². The molecule has 0 bridgehead atoms. The van der Waals surface area contributed by atoms with Crippen molar-refractivity contribution in [2.24, 2.45) is 0 Å². The van der Waals surface area contributed by atoms with Gasteiger partial charge < -0.3 is 45.1 Å². The third kappa shape index (κ3) is 47.0. The molecule has 0 aliphatic carbocycles. The van der Waals surface area contributed by atoms with Gasteiger partial charge >= 0.3 is 5.97 Å². The Labute approximate surface area is 514 Å². The Morgan fingerprint density at radius 1 is 0.476 bits per heavy atom. The van der Waals surface area contributed by atoms with E-state index in [2.05, 4.69) is 99.0 Å². The smallest absolute Gasteiger partial charge is 0.306 e. The highest BCUT2D eigenvalue weighted by molar-refractivity contribution is 5.80. The molecule has 84 heavy (non-hydrogen) atoms. The number of ether oxygens (including phenoxy) is 3. The molecule has 11 nitrogen and oxygen atoms in total. The van der Waals surface area contributed by atoms with Crippen molar-refractivity contribution >= 4 is 11.9 Å². The first-order chi connectivity index (χ1) is 41.2. The zero-order valence-electron chi connectivity index (χ0n) is 54.0. The molecule has 1 saturated heterocycles. The van der Waals surface area contributed by atoms with Crippen LogP contribution in [0.15, 0.2) is 85.1 Å². The lowest BCUT2D eigenvalue weighted by Crippen LogP contribution is -2.61. The second-order valence-electron chi connectivity index (χ2n) is 23.9. The first-order valence-electron chi connectivity index (χ1n) is 34.9. The quantitative estimate of drug-likeness (QED) is 0.0195. The van der Waals surface area contributed by atoms with Crippen molar-refractivity contribution in [1.82, 2.24) is 5.32 Å². The van der Waals surface area contributed by atoms with Gasteiger partial charge in [-0.2, -0.15) is 0 Å². The van der Waals surface area contributed by atoms with Crippen molar-refractivity contribution in [3.63, 3.8) is 0 Å². The second kappa shape index (κ2) is 60.1. The Hall–Kier alpha value is -3.16. The summed E-state index contributed by atoms with van der Waals surface area (Å²) in [7, 11) is 0. The van der Waals surface area contributed by atoms with E-state index in [1.807, 2.05) is 6.08 Å². The molecule has 0 aromatic rings. The van der Waals surface area contributed by atoms with E-state index < -0.39 is 67.4 Å². The highest BCUT2D eigenvalue weighted by atomic mass is 16.7. The molecule has 0 saturated carbocycles. The highest BCUT2D eigenvalue weighted by Crippen LogP contribution is 2.26. The SMILES string of the molecule is CC/C=C\C/C=C\C/C=C\C/C=C\C/C=C\CCCCCCCCCCCCCC(=O)OC1C(OCC(NC(=O)C(O)CCCCCCCC/C=C/CCCCCCCC)C(O)/C=C/CCCCCCCCCCCC)OC(CO)C(O)C1O. The fourth-order valence-electron chi connectivity index (χ4n) is 10.6. The van der Waals surface area contributed by atoms with Gasteiger partial charge in [-0.1, -0.05) is 286 Å². The van der Waals surface area contributed by atoms with Crippen LogP contribution in [0.1, 0.15) is 303 Å². The van der Waals surface area contributed by atoms with Crippen LogP contribution < -0.4 is 5.32 Å². The molecular weight excluding hydrogens is 1050 g/mol. The Morgan fingerprint density at radius 3 is 1.30 bits per heavy atom. The van der Waals surface area contributed by atoms with Crippen LogP contribution in [-0.2, 0) is 23.8 Å². The molecular formula is C73H129NO10. The number of hydrogen-bond donors (Lipinski definition) is 6. The van der Waals surface area contributed by atoms with Gasteiger partial charge in [-0.25, -0.2) is 0 Å². The monoisotopic (exact) mass is 1180 g/mol. The summed E-state index contributed by atoms with van der Waals surface area (Å²) in [5, 5.41) is 57.2. The highest BCUT2D eigenvalue weighted by Gasteiger charge is 2.47. The Balaban J connectivity index is 2.56. The van der Waals surface area contributed by atoms with Crippen LogP contribution in [0, 0.1) is 0 Å². The maximum atomic E-state index is 13.5. The minimum Gasteiger partial charge on any atom is -0.454 e. The summed E-state index contributed by atoms with van der Waals surface area (Å²) in [6.45, 7) is 5.69. The van der Waals surface area contributed by atoms with E-state index in [-0.39, 0.29) is 19.4 Å². The van der Waals surface area contributed by atoms with Gasteiger partial charge in [0.15, 0.2) is 12.4 Å². The van der Waals surface area contributed by atoms with Gasteiger partial charge in [0.1, 0.15) is 24.4 Å². The van der Waals surface area contributed by atoms with E-state index in [9.17, 15) is 35.1 Å². The van der Waals surface area contributed by atoms with Gasteiger partial charge in [0.05, 0.1) is 25.4 Å². The second-order valence-corrected chi connectivity index (χ2v) is 23.9. The third-order valence-electron chi connectivity index (χ3n) is 16.0. The Bertz CT molecular complexity index is 1690. The molecule has 0 aromatic carbocycles. The van der Waals surface area contributed by atoms with E-state index in [0.717, 1.165) is 109 Å². The zero-order chi connectivity index (χ0) is 61.0.